The zero-order chi connectivity index (χ0) is 9.15. The van der Waals surface area contributed by atoms with Crippen LogP contribution >= 0.6 is 23.5 Å². The van der Waals surface area contributed by atoms with E-state index in [1.807, 2.05) is 23.5 Å². The Bertz CT molecular complexity index is 212. The van der Waals surface area contributed by atoms with Crippen LogP contribution in [0.2, 0.25) is 0 Å². The van der Waals surface area contributed by atoms with Crippen molar-refractivity contribution in [2.75, 3.05) is 36.1 Å². The van der Waals surface area contributed by atoms with E-state index in [2.05, 4.69) is 11.0 Å². The molecule has 0 bridgehead atoms. The van der Waals surface area contributed by atoms with Gasteiger partial charge in [0.15, 0.2) is 0 Å². The average molecular weight is 214 g/mol. The molecule has 0 aromatic rings. The van der Waals surface area contributed by atoms with Gasteiger partial charge in [-0.25, -0.2) is 0 Å². The summed E-state index contributed by atoms with van der Waals surface area (Å²) in [6.45, 7) is 2.22. The van der Waals surface area contributed by atoms with Crippen molar-refractivity contribution in [3.63, 3.8) is 0 Å². The fourth-order valence-electron chi connectivity index (χ4n) is 1.95. The molecule has 0 aromatic heterocycles. The monoisotopic (exact) mass is 214 g/mol. The summed E-state index contributed by atoms with van der Waals surface area (Å²) >= 11 is 3.94. The highest BCUT2D eigenvalue weighted by molar-refractivity contribution is 7.99. The molecular weight excluding hydrogens is 200 g/mol. The van der Waals surface area contributed by atoms with Gasteiger partial charge in [0.2, 0.25) is 0 Å². The Balaban J connectivity index is 2.06. The molecule has 2 aliphatic heterocycles. The van der Waals surface area contributed by atoms with Crippen molar-refractivity contribution in [1.82, 2.24) is 4.90 Å². The number of hydrogen-bond donors (Lipinski definition) is 0. The van der Waals surface area contributed by atoms with Gasteiger partial charge in [0.25, 0.3) is 0 Å². The molecule has 0 amide bonds. The molecule has 0 aliphatic carbocycles. The molecule has 2 rings (SSSR count). The lowest BCUT2D eigenvalue weighted by atomic mass is 9.98. The lowest BCUT2D eigenvalue weighted by Gasteiger charge is -2.37. The molecule has 2 saturated heterocycles. The van der Waals surface area contributed by atoms with Gasteiger partial charge in [-0.05, 0) is 12.2 Å². The smallest absolute Gasteiger partial charge is 0.119 e. The SMILES string of the molecule is N#CC1(N2CCSCC2)CCSC1. The van der Waals surface area contributed by atoms with E-state index in [9.17, 15) is 5.26 Å². The summed E-state index contributed by atoms with van der Waals surface area (Å²) in [6.07, 6.45) is 1.07. The Morgan fingerprint density at radius 1 is 1.15 bits per heavy atom. The van der Waals surface area contributed by atoms with Crippen LogP contribution in [0.25, 0.3) is 0 Å². The maximum atomic E-state index is 9.26. The van der Waals surface area contributed by atoms with Gasteiger partial charge in [0.1, 0.15) is 5.54 Å². The third-order valence-corrected chi connectivity index (χ3v) is 4.94. The van der Waals surface area contributed by atoms with E-state index < -0.39 is 0 Å². The second-order valence-corrected chi connectivity index (χ2v) is 5.88. The van der Waals surface area contributed by atoms with E-state index in [1.54, 1.807) is 0 Å². The van der Waals surface area contributed by atoms with Crippen LogP contribution in [-0.2, 0) is 0 Å². The van der Waals surface area contributed by atoms with Gasteiger partial charge < -0.3 is 0 Å². The van der Waals surface area contributed by atoms with Crippen LogP contribution in [0.15, 0.2) is 0 Å². The summed E-state index contributed by atoms with van der Waals surface area (Å²) in [7, 11) is 0. The Kier molecular flexibility index (Phi) is 3.07. The molecule has 0 spiro atoms. The van der Waals surface area contributed by atoms with Crippen molar-refractivity contribution in [3.05, 3.63) is 0 Å². The van der Waals surface area contributed by atoms with Gasteiger partial charge in [0, 0.05) is 30.3 Å². The average Bonchev–Trinajstić information content (AvgIpc) is 2.69. The summed E-state index contributed by atoms with van der Waals surface area (Å²) in [5.41, 5.74) is -0.106. The van der Waals surface area contributed by atoms with Gasteiger partial charge in [-0.3, -0.25) is 4.90 Å². The predicted octanol–water partition coefficient (Wildman–Crippen LogP) is 1.43. The minimum atomic E-state index is -0.106. The van der Waals surface area contributed by atoms with Crippen molar-refractivity contribution in [1.29, 1.82) is 5.26 Å². The molecule has 72 valence electrons. The highest BCUT2D eigenvalue weighted by atomic mass is 32.2. The van der Waals surface area contributed by atoms with E-state index >= 15 is 0 Å². The summed E-state index contributed by atoms with van der Waals surface area (Å²) in [4.78, 5) is 2.41. The zero-order valence-corrected chi connectivity index (χ0v) is 9.29. The normalized spacial score (nSPS) is 35.9. The fraction of sp³-hybridized carbons (Fsp3) is 0.889. The van der Waals surface area contributed by atoms with Crippen LogP contribution in [0.1, 0.15) is 6.42 Å². The molecule has 0 radical (unpaired) electrons. The van der Waals surface area contributed by atoms with Crippen molar-refractivity contribution in [2.45, 2.75) is 12.0 Å². The molecule has 2 fully saturated rings. The molecule has 0 aromatic carbocycles. The summed E-state index contributed by atoms with van der Waals surface area (Å²) < 4.78 is 0. The topological polar surface area (TPSA) is 27.0 Å². The molecular formula is C9H14N2S2. The molecule has 4 heteroatoms. The first-order valence-corrected chi connectivity index (χ1v) is 7.00. The van der Waals surface area contributed by atoms with Gasteiger partial charge in [0.05, 0.1) is 6.07 Å². The maximum Gasteiger partial charge on any atom is 0.119 e. The van der Waals surface area contributed by atoms with Crippen molar-refractivity contribution in [2.24, 2.45) is 0 Å². The lowest BCUT2D eigenvalue weighted by molar-refractivity contribution is 0.175. The molecule has 2 heterocycles. The van der Waals surface area contributed by atoms with E-state index in [1.165, 1.54) is 11.5 Å². The van der Waals surface area contributed by atoms with Crippen LogP contribution in [0, 0.1) is 11.3 Å². The van der Waals surface area contributed by atoms with E-state index in [-0.39, 0.29) is 5.54 Å². The van der Waals surface area contributed by atoms with Crippen LogP contribution in [0.4, 0.5) is 0 Å². The van der Waals surface area contributed by atoms with Gasteiger partial charge in [-0.2, -0.15) is 28.8 Å². The van der Waals surface area contributed by atoms with E-state index in [0.717, 1.165) is 31.0 Å². The molecule has 1 unspecified atom stereocenters. The van der Waals surface area contributed by atoms with Crippen molar-refractivity contribution >= 4 is 23.5 Å². The van der Waals surface area contributed by atoms with Crippen LogP contribution < -0.4 is 0 Å². The Labute approximate surface area is 88.0 Å². The highest BCUT2D eigenvalue weighted by Crippen LogP contribution is 2.34. The zero-order valence-electron chi connectivity index (χ0n) is 7.66. The van der Waals surface area contributed by atoms with Gasteiger partial charge >= 0.3 is 0 Å². The highest BCUT2D eigenvalue weighted by Gasteiger charge is 2.40. The molecule has 2 nitrogen and oxygen atoms in total. The third-order valence-electron chi connectivity index (χ3n) is 2.83. The summed E-state index contributed by atoms with van der Waals surface area (Å²) in [5.74, 6) is 4.59. The van der Waals surface area contributed by atoms with Crippen LogP contribution in [-0.4, -0.2) is 46.5 Å². The molecule has 13 heavy (non-hydrogen) atoms. The second kappa shape index (κ2) is 4.12. The minimum absolute atomic E-state index is 0.106. The molecule has 1 atom stereocenters. The first-order valence-electron chi connectivity index (χ1n) is 4.69. The largest absolute Gasteiger partial charge is 0.283 e. The Morgan fingerprint density at radius 3 is 2.46 bits per heavy atom. The number of thioether (sulfide) groups is 2. The fourth-order valence-corrected chi connectivity index (χ4v) is 4.21. The van der Waals surface area contributed by atoms with Crippen molar-refractivity contribution < 1.29 is 0 Å². The van der Waals surface area contributed by atoms with Gasteiger partial charge in [-0.1, -0.05) is 0 Å². The van der Waals surface area contributed by atoms with E-state index in [4.69, 9.17) is 0 Å². The predicted molar refractivity (Wildman–Crippen MR) is 59.2 cm³/mol. The maximum absolute atomic E-state index is 9.26. The Hall–Kier alpha value is 0.150. The second-order valence-electron chi connectivity index (χ2n) is 3.55. The first kappa shape index (κ1) is 9.70. The quantitative estimate of drug-likeness (QED) is 0.660. The standard InChI is InChI=1S/C9H14N2S2/c10-7-9(1-4-13-8-9)11-2-5-12-6-3-11/h1-6,8H2. The number of nitriles is 1. The molecule has 2 aliphatic rings. The number of nitrogens with zero attached hydrogens (tertiary/aromatic N) is 2. The molecule has 0 N–H and O–H groups in total. The number of hydrogen-bond acceptors (Lipinski definition) is 4. The third kappa shape index (κ3) is 1.83. The van der Waals surface area contributed by atoms with Crippen LogP contribution in [0.5, 0.6) is 0 Å². The van der Waals surface area contributed by atoms with E-state index in [0.29, 0.717) is 0 Å². The van der Waals surface area contributed by atoms with Gasteiger partial charge in [-0.15, -0.1) is 0 Å². The number of rotatable bonds is 1. The summed E-state index contributed by atoms with van der Waals surface area (Å²) in [5, 5.41) is 9.26. The molecule has 0 saturated carbocycles. The Morgan fingerprint density at radius 2 is 1.92 bits per heavy atom. The van der Waals surface area contributed by atoms with Crippen molar-refractivity contribution in [3.8, 4) is 6.07 Å². The lowest BCUT2D eigenvalue weighted by Crippen LogP contribution is -2.51. The summed E-state index contributed by atoms with van der Waals surface area (Å²) in [6, 6.07) is 2.54. The first-order chi connectivity index (χ1) is 6.37. The minimum Gasteiger partial charge on any atom is -0.283 e. The van der Waals surface area contributed by atoms with Crippen LogP contribution in [0.3, 0.4) is 0 Å².